The number of carbonyl (C=O) groups is 1. The molecule has 2 heterocycles. The van der Waals surface area contributed by atoms with Crippen molar-refractivity contribution in [3.63, 3.8) is 0 Å². The van der Waals surface area contributed by atoms with Crippen LogP contribution in [-0.4, -0.2) is 23.6 Å². The highest BCUT2D eigenvalue weighted by molar-refractivity contribution is 9.10. The lowest BCUT2D eigenvalue weighted by Gasteiger charge is -2.12. The molecule has 0 saturated heterocycles. The van der Waals surface area contributed by atoms with E-state index in [0.29, 0.717) is 25.4 Å². The Kier molecular flexibility index (Phi) is 5.58. The zero-order valence-corrected chi connectivity index (χ0v) is 15.8. The van der Waals surface area contributed by atoms with E-state index in [1.165, 1.54) is 0 Å². The van der Waals surface area contributed by atoms with Crippen LogP contribution in [0.25, 0.3) is 10.2 Å². The summed E-state index contributed by atoms with van der Waals surface area (Å²) in [6, 6.07) is 11.7. The Morgan fingerprint density at radius 2 is 2.12 bits per heavy atom. The molecule has 4 nitrogen and oxygen atoms in total. The molecule has 6 heteroatoms. The van der Waals surface area contributed by atoms with Gasteiger partial charge in [0.1, 0.15) is 18.1 Å². The van der Waals surface area contributed by atoms with Crippen LogP contribution in [0.15, 0.2) is 46.3 Å². The molecule has 0 atom stereocenters. The van der Waals surface area contributed by atoms with Crippen molar-refractivity contribution in [1.82, 2.24) is 9.88 Å². The fourth-order valence-electron chi connectivity index (χ4n) is 2.55. The largest absolute Gasteiger partial charge is 0.492 e. The molecule has 1 amide bonds. The Morgan fingerprint density at radius 3 is 2.88 bits per heavy atom. The highest BCUT2D eigenvalue weighted by Gasteiger charge is 2.18. The molecule has 0 bridgehead atoms. The Bertz CT molecular complexity index is 826. The summed E-state index contributed by atoms with van der Waals surface area (Å²) in [7, 11) is 0. The van der Waals surface area contributed by atoms with Gasteiger partial charge in [0.25, 0.3) is 5.91 Å². The van der Waals surface area contributed by atoms with Crippen LogP contribution in [0.3, 0.4) is 0 Å². The number of hydrogen-bond donors (Lipinski definition) is 1. The number of benzene rings is 1. The summed E-state index contributed by atoms with van der Waals surface area (Å²) in [6.45, 7) is 3.84. The summed E-state index contributed by atoms with van der Waals surface area (Å²) in [5, 5.41) is 5.00. The lowest BCUT2D eigenvalue weighted by molar-refractivity contribution is 0.0944. The summed E-state index contributed by atoms with van der Waals surface area (Å²) in [5.74, 6) is 0.800. The molecule has 0 spiro atoms. The summed E-state index contributed by atoms with van der Waals surface area (Å²) in [6.07, 6.45) is 0.918. The number of nitrogens with zero attached hydrogens (tertiary/aromatic N) is 1. The maximum Gasteiger partial charge on any atom is 0.267 e. The first-order valence-corrected chi connectivity index (χ1v) is 9.60. The molecular formula is C18H19BrN2O2S. The van der Waals surface area contributed by atoms with Gasteiger partial charge >= 0.3 is 0 Å². The molecule has 2 aromatic heterocycles. The van der Waals surface area contributed by atoms with Gasteiger partial charge in [0.05, 0.1) is 21.2 Å². The molecule has 0 saturated carbocycles. The van der Waals surface area contributed by atoms with Crippen LogP contribution in [0.4, 0.5) is 0 Å². The second kappa shape index (κ2) is 7.85. The van der Waals surface area contributed by atoms with E-state index in [1.54, 1.807) is 11.3 Å². The van der Waals surface area contributed by atoms with Crippen molar-refractivity contribution in [1.29, 1.82) is 0 Å². The van der Waals surface area contributed by atoms with Gasteiger partial charge in [-0.15, -0.1) is 11.3 Å². The Morgan fingerprint density at radius 1 is 1.33 bits per heavy atom. The maximum atomic E-state index is 12.5. The van der Waals surface area contributed by atoms with E-state index < -0.39 is 0 Å². The second-order valence-electron chi connectivity index (χ2n) is 5.40. The molecular weight excluding hydrogens is 388 g/mol. The third-order valence-electron chi connectivity index (χ3n) is 3.67. The fourth-order valence-corrected chi connectivity index (χ4v) is 4.25. The van der Waals surface area contributed by atoms with Crippen molar-refractivity contribution in [3.8, 4) is 5.75 Å². The van der Waals surface area contributed by atoms with Gasteiger partial charge in [-0.2, -0.15) is 0 Å². The van der Waals surface area contributed by atoms with Crippen LogP contribution >= 0.6 is 27.3 Å². The van der Waals surface area contributed by atoms with E-state index in [1.807, 2.05) is 53.3 Å². The van der Waals surface area contributed by atoms with Gasteiger partial charge in [-0.05, 0) is 40.5 Å². The summed E-state index contributed by atoms with van der Waals surface area (Å²) < 4.78 is 9.94. The minimum Gasteiger partial charge on any atom is -0.492 e. The minimum atomic E-state index is -0.0353. The molecule has 3 aromatic rings. The van der Waals surface area contributed by atoms with Gasteiger partial charge in [0.15, 0.2) is 0 Å². The third kappa shape index (κ3) is 3.65. The standard InChI is InChI=1S/C18H19BrN2O2S/c1-2-8-20-18(22)15-11-16-17(14(19)12-24-16)21(15)9-10-23-13-6-4-3-5-7-13/h3-7,11-12H,2,8-10H2,1H3,(H,20,22). The van der Waals surface area contributed by atoms with E-state index in [-0.39, 0.29) is 5.91 Å². The molecule has 0 aliphatic rings. The van der Waals surface area contributed by atoms with Gasteiger partial charge in [0.2, 0.25) is 0 Å². The molecule has 0 aliphatic heterocycles. The number of para-hydroxylation sites is 1. The smallest absolute Gasteiger partial charge is 0.267 e. The number of nitrogens with one attached hydrogen (secondary N) is 1. The Hall–Kier alpha value is -1.79. The third-order valence-corrected chi connectivity index (χ3v) is 5.50. The normalized spacial score (nSPS) is 10.9. The number of rotatable bonds is 7. The van der Waals surface area contributed by atoms with Crippen LogP contribution in [0.2, 0.25) is 0 Å². The Balaban J connectivity index is 1.81. The van der Waals surface area contributed by atoms with Crippen LogP contribution in [0, 0.1) is 0 Å². The molecule has 0 fully saturated rings. The van der Waals surface area contributed by atoms with Crippen molar-refractivity contribution < 1.29 is 9.53 Å². The van der Waals surface area contributed by atoms with Crippen molar-refractivity contribution in [3.05, 3.63) is 51.9 Å². The van der Waals surface area contributed by atoms with Crippen LogP contribution in [0.1, 0.15) is 23.8 Å². The Labute approximate surface area is 153 Å². The summed E-state index contributed by atoms with van der Waals surface area (Å²) >= 11 is 5.22. The molecule has 24 heavy (non-hydrogen) atoms. The number of amides is 1. The average molecular weight is 407 g/mol. The van der Waals surface area contributed by atoms with Crippen molar-refractivity contribution in [2.45, 2.75) is 19.9 Å². The fraction of sp³-hybridized carbons (Fsp3) is 0.278. The molecule has 3 rings (SSSR count). The van der Waals surface area contributed by atoms with E-state index in [4.69, 9.17) is 4.74 Å². The SMILES string of the molecule is CCCNC(=O)c1cc2scc(Br)c2n1CCOc1ccccc1. The van der Waals surface area contributed by atoms with Crippen LogP contribution in [-0.2, 0) is 6.54 Å². The zero-order valence-electron chi connectivity index (χ0n) is 13.4. The van der Waals surface area contributed by atoms with Crippen molar-refractivity contribution in [2.24, 2.45) is 0 Å². The highest BCUT2D eigenvalue weighted by Crippen LogP contribution is 2.33. The quantitative estimate of drug-likeness (QED) is 0.618. The van der Waals surface area contributed by atoms with Crippen molar-refractivity contribution in [2.75, 3.05) is 13.2 Å². The number of ether oxygens (including phenoxy) is 1. The molecule has 1 N–H and O–H groups in total. The molecule has 1 aromatic carbocycles. The number of aromatic nitrogens is 1. The second-order valence-corrected chi connectivity index (χ2v) is 7.16. The highest BCUT2D eigenvalue weighted by atomic mass is 79.9. The first-order valence-electron chi connectivity index (χ1n) is 7.93. The minimum absolute atomic E-state index is 0.0353. The first-order chi connectivity index (χ1) is 11.7. The number of carbonyl (C=O) groups excluding carboxylic acids is 1. The average Bonchev–Trinajstić information content (AvgIpc) is 3.14. The first kappa shape index (κ1) is 17.0. The van der Waals surface area contributed by atoms with Gasteiger partial charge in [0, 0.05) is 11.9 Å². The summed E-state index contributed by atoms with van der Waals surface area (Å²) in [4.78, 5) is 12.5. The maximum absolute atomic E-state index is 12.5. The van der Waals surface area contributed by atoms with E-state index in [9.17, 15) is 4.79 Å². The van der Waals surface area contributed by atoms with Crippen LogP contribution < -0.4 is 10.1 Å². The monoisotopic (exact) mass is 406 g/mol. The topological polar surface area (TPSA) is 43.3 Å². The molecule has 126 valence electrons. The predicted octanol–water partition coefficient (Wildman–Crippen LogP) is 4.68. The number of hydrogen-bond acceptors (Lipinski definition) is 3. The molecule has 0 aliphatic carbocycles. The van der Waals surface area contributed by atoms with Gasteiger partial charge < -0.3 is 14.6 Å². The molecule has 0 radical (unpaired) electrons. The lowest BCUT2D eigenvalue weighted by Crippen LogP contribution is -2.27. The van der Waals surface area contributed by atoms with Gasteiger partial charge in [-0.1, -0.05) is 25.1 Å². The summed E-state index contributed by atoms with van der Waals surface area (Å²) in [5.41, 5.74) is 1.74. The number of thiophene rings is 1. The molecule has 0 unspecified atom stereocenters. The number of halogens is 1. The van der Waals surface area contributed by atoms with Crippen LogP contribution in [0.5, 0.6) is 5.75 Å². The predicted molar refractivity (Wildman–Crippen MR) is 102 cm³/mol. The van der Waals surface area contributed by atoms with E-state index in [0.717, 1.165) is 26.9 Å². The van der Waals surface area contributed by atoms with Gasteiger partial charge in [-0.3, -0.25) is 4.79 Å². The van der Waals surface area contributed by atoms with E-state index in [2.05, 4.69) is 21.2 Å². The number of fused-ring (bicyclic) bond motifs is 1. The zero-order chi connectivity index (χ0) is 16.9. The lowest BCUT2D eigenvalue weighted by atomic mass is 10.3. The van der Waals surface area contributed by atoms with Crippen molar-refractivity contribution >= 4 is 43.4 Å². The van der Waals surface area contributed by atoms with E-state index >= 15 is 0 Å². The van der Waals surface area contributed by atoms with Gasteiger partial charge in [-0.25, -0.2) is 0 Å².